The van der Waals surface area contributed by atoms with Gasteiger partial charge >= 0.3 is 5.97 Å². The van der Waals surface area contributed by atoms with E-state index < -0.39 is 28.4 Å². The summed E-state index contributed by atoms with van der Waals surface area (Å²) in [5, 5.41) is 0. The molecule has 0 atom stereocenters. The van der Waals surface area contributed by atoms with Gasteiger partial charge in [-0.25, -0.2) is 12.8 Å². The summed E-state index contributed by atoms with van der Waals surface area (Å²) in [6, 6.07) is 8.44. The van der Waals surface area contributed by atoms with E-state index in [-0.39, 0.29) is 10.6 Å². The van der Waals surface area contributed by atoms with Crippen LogP contribution in [-0.4, -0.2) is 35.2 Å². The van der Waals surface area contributed by atoms with Crippen molar-refractivity contribution >= 4 is 21.7 Å². The molecule has 2 rings (SSSR count). The first-order valence-corrected chi connectivity index (χ1v) is 9.15. The second kappa shape index (κ2) is 7.74. The maximum atomic E-state index is 14.0. The van der Waals surface area contributed by atoms with E-state index in [4.69, 9.17) is 4.74 Å². The lowest BCUT2D eigenvalue weighted by molar-refractivity contribution is -0.138. The SMILES string of the molecule is COC(=O)CN(c1ccc(C)cc1C)S(=O)(=O)c1ccc(OC)c(F)c1. The Bertz CT molecular complexity index is 927. The number of halogens is 1. The Balaban J connectivity index is 2.59. The molecule has 0 fully saturated rings. The van der Waals surface area contributed by atoms with Crippen molar-refractivity contribution in [3.63, 3.8) is 0 Å². The van der Waals surface area contributed by atoms with E-state index in [0.29, 0.717) is 11.3 Å². The zero-order valence-corrected chi connectivity index (χ0v) is 15.8. The zero-order chi connectivity index (χ0) is 19.5. The van der Waals surface area contributed by atoms with E-state index in [1.807, 2.05) is 6.92 Å². The van der Waals surface area contributed by atoms with Crippen LogP contribution >= 0.6 is 0 Å². The third kappa shape index (κ3) is 3.96. The fourth-order valence-electron chi connectivity index (χ4n) is 2.50. The van der Waals surface area contributed by atoms with Gasteiger partial charge in [0.2, 0.25) is 0 Å². The number of methoxy groups -OCH3 is 2. The van der Waals surface area contributed by atoms with Crippen LogP contribution in [0.2, 0.25) is 0 Å². The molecule has 0 aliphatic heterocycles. The molecule has 0 aromatic heterocycles. The van der Waals surface area contributed by atoms with Crippen LogP contribution < -0.4 is 9.04 Å². The van der Waals surface area contributed by atoms with Gasteiger partial charge in [-0.2, -0.15) is 0 Å². The second-order valence-electron chi connectivity index (χ2n) is 5.67. The van der Waals surface area contributed by atoms with E-state index in [1.54, 1.807) is 25.1 Å². The minimum absolute atomic E-state index is 0.0741. The normalized spacial score (nSPS) is 11.1. The number of nitrogens with zero attached hydrogens (tertiary/aromatic N) is 1. The lowest BCUT2D eigenvalue weighted by Gasteiger charge is -2.25. The van der Waals surface area contributed by atoms with Crippen molar-refractivity contribution in [1.29, 1.82) is 0 Å². The first-order valence-electron chi connectivity index (χ1n) is 7.71. The molecule has 0 radical (unpaired) electrons. The summed E-state index contributed by atoms with van der Waals surface area (Å²) in [7, 11) is -1.75. The van der Waals surface area contributed by atoms with Crippen LogP contribution in [0.25, 0.3) is 0 Å². The molecule has 8 heteroatoms. The van der Waals surface area contributed by atoms with Gasteiger partial charge in [-0.05, 0) is 43.7 Å². The molecular weight excluding hydrogens is 361 g/mol. The van der Waals surface area contributed by atoms with Crippen molar-refractivity contribution in [2.24, 2.45) is 0 Å². The number of carbonyl (C=O) groups is 1. The number of esters is 1. The number of ether oxygens (including phenoxy) is 2. The van der Waals surface area contributed by atoms with Gasteiger partial charge < -0.3 is 9.47 Å². The fourth-order valence-corrected chi connectivity index (χ4v) is 3.99. The number of aryl methyl sites for hydroxylation is 2. The average molecular weight is 381 g/mol. The van der Waals surface area contributed by atoms with E-state index in [9.17, 15) is 17.6 Å². The van der Waals surface area contributed by atoms with Crippen LogP contribution in [0.4, 0.5) is 10.1 Å². The molecule has 0 bridgehead atoms. The third-order valence-corrected chi connectivity index (χ3v) is 5.59. The van der Waals surface area contributed by atoms with Crippen LogP contribution in [0.3, 0.4) is 0 Å². The molecule has 26 heavy (non-hydrogen) atoms. The van der Waals surface area contributed by atoms with Gasteiger partial charge in [-0.15, -0.1) is 0 Å². The molecule has 0 unspecified atom stereocenters. The number of benzene rings is 2. The molecule has 0 saturated carbocycles. The summed E-state index contributed by atoms with van der Waals surface area (Å²) >= 11 is 0. The van der Waals surface area contributed by atoms with Crippen molar-refractivity contribution in [2.45, 2.75) is 18.7 Å². The molecule has 0 saturated heterocycles. The topological polar surface area (TPSA) is 72.9 Å². The van der Waals surface area contributed by atoms with E-state index in [1.165, 1.54) is 26.4 Å². The highest BCUT2D eigenvalue weighted by atomic mass is 32.2. The molecule has 0 heterocycles. The molecule has 0 N–H and O–H groups in total. The Hall–Kier alpha value is -2.61. The average Bonchev–Trinajstić information content (AvgIpc) is 2.59. The van der Waals surface area contributed by atoms with Gasteiger partial charge in [0.1, 0.15) is 6.54 Å². The van der Waals surface area contributed by atoms with Gasteiger partial charge in [0, 0.05) is 0 Å². The monoisotopic (exact) mass is 381 g/mol. The Morgan fingerprint density at radius 3 is 2.35 bits per heavy atom. The summed E-state index contributed by atoms with van der Waals surface area (Å²) in [5.74, 6) is -1.62. The first kappa shape index (κ1) is 19.7. The highest BCUT2D eigenvalue weighted by Crippen LogP contribution is 2.29. The minimum atomic E-state index is -4.21. The number of hydrogen-bond donors (Lipinski definition) is 0. The first-order chi connectivity index (χ1) is 12.2. The third-order valence-electron chi connectivity index (χ3n) is 3.83. The number of carbonyl (C=O) groups excluding carboxylic acids is 1. The molecule has 2 aromatic carbocycles. The molecule has 0 spiro atoms. The molecule has 2 aromatic rings. The lowest BCUT2D eigenvalue weighted by atomic mass is 10.1. The van der Waals surface area contributed by atoms with Crippen molar-refractivity contribution in [3.8, 4) is 5.75 Å². The number of hydrogen-bond acceptors (Lipinski definition) is 5. The van der Waals surface area contributed by atoms with Crippen LogP contribution in [0, 0.1) is 19.7 Å². The predicted molar refractivity (Wildman–Crippen MR) is 95.4 cm³/mol. The standard InChI is InChI=1S/C18H20FNO5S/c1-12-5-7-16(13(2)9-12)20(11-18(21)25-4)26(22,23)14-6-8-17(24-3)15(19)10-14/h5-10H,11H2,1-4H3. The molecule has 140 valence electrons. The van der Waals surface area contributed by atoms with Crippen molar-refractivity contribution in [2.75, 3.05) is 25.1 Å². The van der Waals surface area contributed by atoms with Crippen LogP contribution in [0.1, 0.15) is 11.1 Å². The quantitative estimate of drug-likeness (QED) is 0.720. The van der Waals surface area contributed by atoms with Gasteiger partial charge in [0.25, 0.3) is 10.0 Å². The van der Waals surface area contributed by atoms with Gasteiger partial charge in [-0.1, -0.05) is 17.7 Å². The molecular formula is C18H20FNO5S. The van der Waals surface area contributed by atoms with Crippen LogP contribution in [0.5, 0.6) is 5.75 Å². The van der Waals surface area contributed by atoms with E-state index in [0.717, 1.165) is 15.9 Å². The van der Waals surface area contributed by atoms with Crippen molar-refractivity contribution in [1.82, 2.24) is 0 Å². The summed E-state index contributed by atoms with van der Waals surface area (Å²) in [6.07, 6.45) is 0. The van der Waals surface area contributed by atoms with Gasteiger partial charge in [0.15, 0.2) is 11.6 Å². The largest absolute Gasteiger partial charge is 0.494 e. The van der Waals surface area contributed by atoms with Crippen LogP contribution in [-0.2, 0) is 19.6 Å². The van der Waals surface area contributed by atoms with E-state index in [2.05, 4.69) is 4.74 Å². The summed E-state index contributed by atoms with van der Waals surface area (Å²) in [5.41, 5.74) is 1.92. The Labute approximate surface area is 152 Å². The highest BCUT2D eigenvalue weighted by molar-refractivity contribution is 7.92. The summed E-state index contributed by atoms with van der Waals surface area (Å²) in [4.78, 5) is 11.5. The van der Waals surface area contributed by atoms with E-state index >= 15 is 0 Å². The number of rotatable bonds is 6. The number of sulfonamides is 1. The second-order valence-corrected chi connectivity index (χ2v) is 7.54. The summed E-state index contributed by atoms with van der Waals surface area (Å²) < 4.78 is 50.5. The van der Waals surface area contributed by atoms with Crippen molar-refractivity contribution in [3.05, 3.63) is 53.3 Å². The molecule has 0 amide bonds. The molecule has 6 nitrogen and oxygen atoms in total. The lowest BCUT2D eigenvalue weighted by Crippen LogP contribution is -2.36. The Morgan fingerprint density at radius 1 is 1.12 bits per heavy atom. The smallest absolute Gasteiger partial charge is 0.326 e. The molecule has 0 aliphatic rings. The van der Waals surface area contributed by atoms with Crippen LogP contribution in [0.15, 0.2) is 41.3 Å². The maximum absolute atomic E-state index is 14.0. The Morgan fingerprint density at radius 2 is 1.81 bits per heavy atom. The Kier molecular flexibility index (Phi) is 5.86. The van der Waals surface area contributed by atoms with Gasteiger partial charge in [0.05, 0.1) is 24.8 Å². The minimum Gasteiger partial charge on any atom is -0.494 e. The maximum Gasteiger partial charge on any atom is 0.326 e. The molecule has 0 aliphatic carbocycles. The fraction of sp³-hybridized carbons (Fsp3) is 0.278. The predicted octanol–water partition coefficient (Wildman–Crippen LogP) is 2.82. The number of anilines is 1. The zero-order valence-electron chi connectivity index (χ0n) is 14.9. The summed E-state index contributed by atoms with van der Waals surface area (Å²) in [6.45, 7) is 3.07. The highest BCUT2D eigenvalue weighted by Gasteiger charge is 2.29. The van der Waals surface area contributed by atoms with Gasteiger partial charge in [-0.3, -0.25) is 9.10 Å². The van der Waals surface area contributed by atoms with Crippen molar-refractivity contribution < 1.29 is 27.1 Å².